The zero-order chi connectivity index (χ0) is 16.2. The number of rotatable bonds is 3. The molecule has 0 radical (unpaired) electrons. The van der Waals surface area contributed by atoms with Gasteiger partial charge < -0.3 is 15.1 Å². The Morgan fingerprint density at radius 3 is 2.43 bits per heavy atom. The molecule has 1 aliphatic rings. The molecule has 0 atom stereocenters. The molecular weight excluding hydrogens is 314 g/mol. The first-order valence-corrected chi connectivity index (χ1v) is 7.83. The third-order valence-corrected chi connectivity index (χ3v) is 4.14. The van der Waals surface area contributed by atoms with Crippen molar-refractivity contribution in [3.8, 4) is 0 Å². The van der Waals surface area contributed by atoms with Crippen molar-refractivity contribution in [3.05, 3.63) is 47.2 Å². The molecule has 120 valence electrons. The maximum atomic E-state index is 12.4. The highest BCUT2D eigenvalue weighted by Gasteiger charge is 2.20. The number of piperazine rings is 1. The van der Waals surface area contributed by atoms with Gasteiger partial charge in [-0.3, -0.25) is 4.79 Å². The van der Waals surface area contributed by atoms with Crippen LogP contribution in [-0.4, -0.2) is 58.9 Å². The Hall–Kier alpha value is -2.18. The number of nitrogens with one attached hydrogen (secondary N) is 1. The Morgan fingerprint density at radius 2 is 1.78 bits per heavy atom. The number of amides is 1. The first kappa shape index (κ1) is 15.7. The van der Waals surface area contributed by atoms with E-state index in [2.05, 4.69) is 27.2 Å². The van der Waals surface area contributed by atoms with Crippen LogP contribution in [0.2, 0.25) is 5.02 Å². The second kappa shape index (κ2) is 6.93. The lowest BCUT2D eigenvalue weighted by molar-refractivity contribution is 0.0663. The van der Waals surface area contributed by atoms with Gasteiger partial charge in [-0.25, -0.2) is 9.97 Å². The Balaban J connectivity index is 1.67. The maximum Gasteiger partial charge on any atom is 0.257 e. The maximum absolute atomic E-state index is 12.4. The van der Waals surface area contributed by atoms with Crippen LogP contribution in [0.3, 0.4) is 0 Å². The SMILES string of the molecule is CN1CCN(C(=O)c2cnc(Nc3ccccc3Cl)nc2)CC1. The van der Waals surface area contributed by atoms with Gasteiger partial charge in [0.2, 0.25) is 5.95 Å². The summed E-state index contributed by atoms with van der Waals surface area (Å²) in [6.07, 6.45) is 3.10. The molecule has 0 unspecified atom stereocenters. The number of anilines is 2. The summed E-state index contributed by atoms with van der Waals surface area (Å²) in [6, 6.07) is 7.36. The summed E-state index contributed by atoms with van der Waals surface area (Å²) in [6.45, 7) is 3.24. The first-order valence-electron chi connectivity index (χ1n) is 7.45. The van der Waals surface area contributed by atoms with Gasteiger partial charge in [-0.1, -0.05) is 23.7 Å². The highest BCUT2D eigenvalue weighted by Crippen LogP contribution is 2.23. The Kier molecular flexibility index (Phi) is 4.73. The molecule has 1 N–H and O–H groups in total. The van der Waals surface area contributed by atoms with Gasteiger partial charge in [0.15, 0.2) is 0 Å². The summed E-state index contributed by atoms with van der Waals surface area (Å²) in [4.78, 5) is 24.9. The average molecular weight is 332 g/mol. The highest BCUT2D eigenvalue weighted by atomic mass is 35.5. The summed E-state index contributed by atoms with van der Waals surface area (Å²) in [7, 11) is 2.06. The van der Waals surface area contributed by atoms with E-state index in [1.807, 2.05) is 23.1 Å². The normalized spacial score (nSPS) is 15.5. The molecule has 0 aliphatic carbocycles. The largest absolute Gasteiger partial charge is 0.336 e. The number of para-hydroxylation sites is 1. The van der Waals surface area contributed by atoms with Gasteiger partial charge in [-0.05, 0) is 19.2 Å². The summed E-state index contributed by atoms with van der Waals surface area (Å²) in [5.74, 6) is 0.385. The highest BCUT2D eigenvalue weighted by molar-refractivity contribution is 6.33. The van der Waals surface area contributed by atoms with Crippen molar-refractivity contribution in [2.75, 3.05) is 38.5 Å². The topological polar surface area (TPSA) is 61.4 Å². The monoisotopic (exact) mass is 331 g/mol. The zero-order valence-electron chi connectivity index (χ0n) is 12.9. The van der Waals surface area contributed by atoms with E-state index in [1.165, 1.54) is 0 Å². The molecule has 1 fully saturated rings. The van der Waals surface area contributed by atoms with Crippen LogP contribution in [0, 0.1) is 0 Å². The van der Waals surface area contributed by atoms with E-state index in [1.54, 1.807) is 18.5 Å². The van der Waals surface area contributed by atoms with Gasteiger partial charge in [0.05, 0.1) is 16.3 Å². The van der Waals surface area contributed by atoms with Crippen molar-refractivity contribution < 1.29 is 4.79 Å². The fourth-order valence-corrected chi connectivity index (χ4v) is 2.56. The van der Waals surface area contributed by atoms with Gasteiger partial charge in [0, 0.05) is 38.6 Å². The molecule has 7 heteroatoms. The molecule has 1 amide bonds. The lowest BCUT2D eigenvalue weighted by Gasteiger charge is -2.32. The quantitative estimate of drug-likeness (QED) is 0.934. The number of benzene rings is 1. The minimum atomic E-state index is -0.0256. The van der Waals surface area contributed by atoms with Crippen LogP contribution in [0.4, 0.5) is 11.6 Å². The van der Waals surface area contributed by atoms with Crippen molar-refractivity contribution >= 4 is 29.1 Å². The predicted molar refractivity (Wildman–Crippen MR) is 90.2 cm³/mol. The van der Waals surface area contributed by atoms with Crippen LogP contribution in [0.25, 0.3) is 0 Å². The standard InChI is InChI=1S/C16H18ClN5O/c1-21-6-8-22(9-7-21)15(23)12-10-18-16(19-11-12)20-14-5-3-2-4-13(14)17/h2-5,10-11H,6-9H2,1H3,(H,18,19,20). The second-order valence-electron chi connectivity index (χ2n) is 5.50. The molecule has 1 saturated heterocycles. The zero-order valence-corrected chi connectivity index (χ0v) is 13.6. The molecule has 3 rings (SSSR count). The van der Waals surface area contributed by atoms with Crippen molar-refractivity contribution in [2.24, 2.45) is 0 Å². The van der Waals surface area contributed by atoms with Crippen molar-refractivity contribution in [1.29, 1.82) is 0 Å². The molecule has 0 saturated carbocycles. The summed E-state index contributed by atoms with van der Waals surface area (Å²) < 4.78 is 0. The number of carbonyl (C=O) groups excluding carboxylic acids is 1. The number of carbonyl (C=O) groups is 1. The van der Waals surface area contributed by atoms with Crippen LogP contribution in [0.1, 0.15) is 10.4 Å². The first-order chi connectivity index (χ1) is 11.1. The molecular formula is C16H18ClN5O. The lowest BCUT2D eigenvalue weighted by Crippen LogP contribution is -2.47. The van der Waals surface area contributed by atoms with E-state index in [0.29, 0.717) is 16.5 Å². The van der Waals surface area contributed by atoms with E-state index in [0.717, 1.165) is 31.9 Å². The van der Waals surface area contributed by atoms with Crippen molar-refractivity contribution in [2.45, 2.75) is 0 Å². The molecule has 1 aromatic carbocycles. The number of likely N-dealkylation sites (N-methyl/N-ethyl adjacent to an activating group) is 1. The van der Waals surface area contributed by atoms with Gasteiger partial charge in [0.25, 0.3) is 5.91 Å². The van der Waals surface area contributed by atoms with Gasteiger partial charge in [0.1, 0.15) is 0 Å². The molecule has 2 heterocycles. The number of aromatic nitrogens is 2. The van der Waals surface area contributed by atoms with Crippen molar-refractivity contribution in [3.63, 3.8) is 0 Å². The fourth-order valence-electron chi connectivity index (χ4n) is 2.38. The summed E-state index contributed by atoms with van der Waals surface area (Å²) in [5, 5.41) is 3.63. The number of hydrogen-bond acceptors (Lipinski definition) is 5. The van der Waals surface area contributed by atoms with Gasteiger partial charge >= 0.3 is 0 Å². The van der Waals surface area contributed by atoms with E-state index >= 15 is 0 Å². The van der Waals surface area contributed by atoms with Crippen LogP contribution < -0.4 is 5.32 Å². The molecule has 23 heavy (non-hydrogen) atoms. The molecule has 0 bridgehead atoms. The number of hydrogen-bond donors (Lipinski definition) is 1. The molecule has 1 aliphatic heterocycles. The van der Waals surface area contributed by atoms with E-state index < -0.39 is 0 Å². The summed E-state index contributed by atoms with van der Waals surface area (Å²) >= 11 is 6.09. The predicted octanol–water partition coefficient (Wildman–Crippen LogP) is 2.26. The van der Waals surface area contributed by atoms with Gasteiger partial charge in [-0.2, -0.15) is 0 Å². The third kappa shape index (κ3) is 3.78. The third-order valence-electron chi connectivity index (χ3n) is 3.81. The minimum Gasteiger partial charge on any atom is -0.336 e. The van der Waals surface area contributed by atoms with E-state index in [9.17, 15) is 4.79 Å². The minimum absolute atomic E-state index is 0.0256. The smallest absolute Gasteiger partial charge is 0.257 e. The molecule has 0 spiro atoms. The molecule has 2 aromatic rings. The Bertz CT molecular complexity index is 683. The van der Waals surface area contributed by atoms with Crippen LogP contribution in [-0.2, 0) is 0 Å². The fraction of sp³-hybridized carbons (Fsp3) is 0.312. The molecule has 6 nitrogen and oxygen atoms in total. The lowest BCUT2D eigenvalue weighted by atomic mass is 10.2. The van der Waals surface area contributed by atoms with Crippen molar-refractivity contribution in [1.82, 2.24) is 19.8 Å². The van der Waals surface area contributed by atoms with Crippen LogP contribution in [0.5, 0.6) is 0 Å². The Labute approximate surface area is 140 Å². The van der Waals surface area contributed by atoms with E-state index in [-0.39, 0.29) is 5.91 Å². The second-order valence-corrected chi connectivity index (χ2v) is 5.90. The van der Waals surface area contributed by atoms with Gasteiger partial charge in [-0.15, -0.1) is 0 Å². The van der Waals surface area contributed by atoms with E-state index in [4.69, 9.17) is 11.6 Å². The Morgan fingerprint density at radius 1 is 1.13 bits per heavy atom. The van der Waals surface area contributed by atoms with Crippen LogP contribution in [0.15, 0.2) is 36.7 Å². The summed E-state index contributed by atoms with van der Waals surface area (Å²) in [5.41, 5.74) is 1.23. The van der Waals surface area contributed by atoms with Crippen LogP contribution >= 0.6 is 11.6 Å². The number of halogens is 1. The molecule has 1 aromatic heterocycles. The number of nitrogens with zero attached hydrogens (tertiary/aromatic N) is 4. The average Bonchev–Trinajstić information content (AvgIpc) is 2.58.